The molecule has 138 valence electrons. The Hall–Kier alpha value is -2.87. The van der Waals surface area contributed by atoms with Crippen molar-refractivity contribution in [3.63, 3.8) is 0 Å². The second-order valence-corrected chi connectivity index (χ2v) is 7.38. The molecule has 0 heterocycles. The van der Waals surface area contributed by atoms with Crippen molar-refractivity contribution in [1.29, 1.82) is 0 Å². The van der Waals surface area contributed by atoms with E-state index in [9.17, 15) is 18.3 Å². The number of nitrogens with one attached hydrogen (secondary N) is 1. The summed E-state index contributed by atoms with van der Waals surface area (Å²) in [5.74, 6) is -0.950. The van der Waals surface area contributed by atoms with E-state index in [1.54, 1.807) is 50.2 Å². The monoisotopic (exact) mass is 375 g/mol. The number of benzene rings is 2. The first-order valence-electron chi connectivity index (χ1n) is 7.75. The summed E-state index contributed by atoms with van der Waals surface area (Å²) in [6, 6.07) is 11.6. The lowest BCUT2D eigenvalue weighted by Crippen LogP contribution is -2.28. The van der Waals surface area contributed by atoms with Gasteiger partial charge in [-0.2, -0.15) is 18.4 Å². The summed E-state index contributed by atoms with van der Waals surface area (Å²) in [5.41, 5.74) is 2.58. The summed E-state index contributed by atoms with van der Waals surface area (Å²) >= 11 is 0. The molecule has 1 N–H and O–H groups in total. The van der Waals surface area contributed by atoms with Gasteiger partial charge in [0.15, 0.2) is 0 Å². The predicted molar refractivity (Wildman–Crippen MR) is 95.4 cm³/mol. The number of hydrazone groups is 1. The van der Waals surface area contributed by atoms with Crippen LogP contribution in [0.25, 0.3) is 0 Å². The molecule has 0 bridgehead atoms. The van der Waals surface area contributed by atoms with E-state index in [2.05, 4.69) is 9.93 Å². The van der Waals surface area contributed by atoms with E-state index in [1.165, 1.54) is 0 Å². The summed E-state index contributed by atoms with van der Waals surface area (Å²) in [6.07, 6.45) is 0. The van der Waals surface area contributed by atoms with Crippen molar-refractivity contribution >= 4 is 21.7 Å². The smallest absolute Gasteiger partial charge is 0.276 e. The Morgan fingerprint density at radius 2 is 1.81 bits per heavy atom. The van der Waals surface area contributed by atoms with Gasteiger partial charge in [0, 0.05) is 0 Å². The average molecular weight is 375 g/mol. The van der Waals surface area contributed by atoms with Crippen LogP contribution >= 0.6 is 0 Å². The fraction of sp³-hybridized carbons (Fsp3) is 0.222. The lowest BCUT2D eigenvalue weighted by Gasteiger charge is -2.10. The molecule has 0 amide bonds. The second-order valence-electron chi connectivity index (χ2n) is 5.75. The Morgan fingerprint density at radius 1 is 1.15 bits per heavy atom. The molecule has 0 atom stereocenters. The number of carboxylic acids is 1. The van der Waals surface area contributed by atoms with Gasteiger partial charge in [-0.3, -0.25) is 0 Å². The molecule has 0 aromatic heterocycles. The van der Waals surface area contributed by atoms with E-state index in [0.29, 0.717) is 22.6 Å². The molecule has 0 aliphatic carbocycles. The third-order valence-corrected chi connectivity index (χ3v) is 4.95. The fourth-order valence-corrected chi connectivity index (χ4v) is 3.36. The van der Waals surface area contributed by atoms with Gasteiger partial charge in [-0.1, -0.05) is 12.1 Å². The number of nitrogens with zero attached hydrogens (tertiary/aromatic N) is 1. The summed E-state index contributed by atoms with van der Waals surface area (Å²) < 4.78 is 29.9. The molecular formula is C18H19N2O5S-. The first-order chi connectivity index (χ1) is 12.2. The van der Waals surface area contributed by atoms with E-state index in [1.807, 2.05) is 13.0 Å². The molecule has 8 heteroatoms. The number of ether oxygens (including phenoxy) is 1. The average Bonchev–Trinajstić information content (AvgIpc) is 2.60. The molecule has 0 saturated heterocycles. The van der Waals surface area contributed by atoms with Crippen LogP contribution in [-0.4, -0.2) is 26.7 Å². The van der Waals surface area contributed by atoms with Crippen molar-refractivity contribution in [2.24, 2.45) is 5.10 Å². The normalized spacial score (nSPS) is 11.9. The van der Waals surface area contributed by atoms with Gasteiger partial charge < -0.3 is 14.6 Å². The minimum Gasteiger partial charge on any atom is -0.546 e. The molecule has 0 radical (unpaired) electrons. The quantitative estimate of drug-likeness (QED) is 0.577. The highest BCUT2D eigenvalue weighted by Crippen LogP contribution is 2.17. The third kappa shape index (κ3) is 5.06. The van der Waals surface area contributed by atoms with E-state index in [0.717, 1.165) is 5.56 Å². The van der Waals surface area contributed by atoms with Gasteiger partial charge in [0.1, 0.15) is 12.4 Å². The lowest BCUT2D eigenvalue weighted by atomic mass is 10.1. The Kier molecular flexibility index (Phi) is 5.99. The maximum atomic E-state index is 12.4. The topological polar surface area (TPSA) is 108 Å². The molecule has 0 fully saturated rings. The molecule has 0 spiro atoms. The largest absolute Gasteiger partial charge is 0.546 e. The van der Waals surface area contributed by atoms with Crippen LogP contribution in [0.15, 0.2) is 52.5 Å². The van der Waals surface area contributed by atoms with Crippen LogP contribution < -0.4 is 14.7 Å². The number of carbonyl (C=O) groups excluding carboxylic acids is 1. The summed E-state index contributed by atoms with van der Waals surface area (Å²) in [5, 5.41) is 14.3. The molecule has 26 heavy (non-hydrogen) atoms. The first-order valence-corrected chi connectivity index (χ1v) is 9.24. The molecule has 2 rings (SSSR count). The Bertz CT molecular complexity index is 935. The second kappa shape index (κ2) is 8.01. The SMILES string of the molecule is C/C(=N/NS(=O)(=O)c1cc(C)ccc1C)c1ccc(OCC(=O)[O-])cc1. The zero-order valence-corrected chi connectivity index (χ0v) is 15.5. The van der Waals surface area contributed by atoms with Gasteiger partial charge in [0.05, 0.1) is 16.6 Å². The van der Waals surface area contributed by atoms with Gasteiger partial charge in [-0.05, 0) is 67.8 Å². The minimum atomic E-state index is -3.78. The Morgan fingerprint density at radius 3 is 2.42 bits per heavy atom. The van der Waals surface area contributed by atoms with Crippen molar-refractivity contribution in [2.75, 3.05) is 6.61 Å². The Balaban J connectivity index is 2.14. The van der Waals surface area contributed by atoms with Gasteiger partial charge in [0.2, 0.25) is 0 Å². The molecule has 2 aromatic rings. The summed E-state index contributed by atoms with van der Waals surface area (Å²) in [6.45, 7) is 4.65. The van der Waals surface area contributed by atoms with E-state index in [-0.39, 0.29) is 4.90 Å². The van der Waals surface area contributed by atoms with Crippen LogP contribution in [-0.2, 0) is 14.8 Å². The standard InChI is InChI=1S/C18H20N2O5S/c1-12-4-5-13(2)17(10-12)26(23,24)20-19-14(3)15-6-8-16(9-7-15)25-11-18(21)22/h4-10,20H,11H2,1-3H3,(H,21,22)/p-1/b19-14-. The van der Waals surface area contributed by atoms with Gasteiger partial charge in [-0.25, -0.2) is 0 Å². The van der Waals surface area contributed by atoms with Crippen LogP contribution in [0.3, 0.4) is 0 Å². The molecule has 2 aromatic carbocycles. The fourth-order valence-electron chi connectivity index (χ4n) is 2.17. The zero-order chi connectivity index (χ0) is 19.3. The van der Waals surface area contributed by atoms with Crippen molar-refractivity contribution in [1.82, 2.24) is 4.83 Å². The van der Waals surface area contributed by atoms with Crippen LogP contribution in [0.2, 0.25) is 0 Å². The van der Waals surface area contributed by atoms with Gasteiger partial charge in [-0.15, -0.1) is 0 Å². The number of sulfonamides is 1. The molecule has 7 nitrogen and oxygen atoms in total. The molecule has 0 aliphatic heterocycles. The number of aliphatic carboxylic acids is 1. The summed E-state index contributed by atoms with van der Waals surface area (Å²) in [4.78, 5) is 12.8. The summed E-state index contributed by atoms with van der Waals surface area (Å²) in [7, 11) is -3.78. The molecular weight excluding hydrogens is 356 g/mol. The molecule has 0 saturated carbocycles. The van der Waals surface area contributed by atoms with Crippen molar-refractivity contribution in [3.8, 4) is 5.75 Å². The van der Waals surface area contributed by atoms with Crippen LogP contribution in [0, 0.1) is 13.8 Å². The van der Waals surface area contributed by atoms with Crippen molar-refractivity contribution in [3.05, 3.63) is 59.2 Å². The number of hydrogen-bond acceptors (Lipinski definition) is 6. The molecule has 0 unspecified atom stereocenters. The maximum absolute atomic E-state index is 12.4. The number of aryl methyl sites for hydroxylation is 2. The van der Waals surface area contributed by atoms with E-state index in [4.69, 9.17) is 4.74 Å². The number of carboxylic acid groups (broad SMARTS) is 1. The van der Waals surface area contributed by atoms with E-state index >= 15 is 0 Å². The maximum Gasteiger partial charge on any atom is 0.276 e. The van der Waals surface area contributed by atoms with Crippen LogP contribution in [0.5, 0.6) is 5.75 Å². The Labute approximate surface area is 152 Å². The number of rotatable bonds is 7. The zero-order valence-electron chi connectivity index (χ0n) is 14.6. The highest BCUT2D eigenvalue weighted by atomic mass is 32.2. The van der Waals surface area contributed by atoms with Crippen molar-refractivity contribution in [2.45, 2.75) is 25.7 Å². The number of carbonyl (C=O) groups is 1. The van der Waals surface area contributed by atoms with E-state index < -0.39 is 22.6 Å². The van der Waals surface area contributed by atoms with Crippen molar-refractivity contribution < 1.29 is 23.1 Å². The minimum absolute atomic E-state index is 0.181. The highest BCUT2D eigenvalue weighted by Gasteiger charge is 2.16. The number of hydrogen-bond donors (Lipinski definition) is 1. The lowest BCUT2D eigenvalue weighted by molar-refractivity contribution is -0.307. The van der Waals surface area contributed by atoms with Gasteiger partial charge >= 0.3 is 0 Å². The van der Waals surface area contributed by atoms with Crippen LogP contribution in [0.1, 0.15) is 23.6 Å². The van der Waals surface area contributed by atoms with Gasteiger partial charge in [0.25, 0.3) is 10.0 Å². The third-order valence-electron chi connectivity index (χ3n) is 3.60. The highest BCUT2D eigenvalue weighted by molar-refractivity contribution is 7.89. The predicted octanol–water partition coefficient (Wildman–Crippen LogP) is 1.13. The first kappa shape index (κ1) is 19.5. The molecule has 0 aliphatic rings. The van der Waals surface area contributed by atoms with Crippen LogP contribution in [0.4, 0.5) is 0 Å².